The molecule has 0 atom stereocenters. The lowest BCUT2D eigenvalue weighted by Crippen LogP contribution is -2.54. The third-order valence-electron chi connectivity index (χ3n) is 5.37. The highest BCUT2D eigenvalue weighted by Crippen LogP contribution is 2.30. The van der Waals surface area contributed by atoms with E-state index in [1.54, 1.807) is 0 Å². The molecule has 0 saturated carbocycles. The summed E-state index contributed by atoms with van der Waals surface area (Å²) in [7, 11) is 0. The van der Waals surface area contributed by atoms with E-state index < -0.39 is 23.7 Å². The monoisotopic (exact) mass is 407 g/mol. The molecule has 0 radical (unpaired) electrons. The fourth-order valence-corrected chi connectivity index (χ4v) is 3.81. The molecular formula is C23H22FN3O3. The SMILES string of the molecule is CCCCN1CCc2cc(C=C3C(=O)NC(=O)N(c4ccc(F)cc4)C3=O)ccc21. The first-order valence-electron chi connectivity index (χ1n) is 10.0. The number of rotatable bonds is 5. The summed E-state index contributed by atoms with van der Waals surface area (Å²) in [5, 5.41) is 2.18. The molecule has 4 rings (SSSR count). The number of nitrogens with one attached hydrogen (secondary N) is 1. The maximum absolute atomic E-state index is 13.2. The van der Waals surface area contributed by atoms with E-state index in [1.807, 2.05) is 18.2 Å². The number of benzene rings is 2. The quantitative estimate of drug-likeness (QED) is 0.607. The Bertz CT molecular complexity index is 1050. The van der Waals surface area contributed by atoms with Gasteiger partial charge in [0.25, 0.3) is 11.8 Å². The number of carbonyl (C=O) groups excluding carboxylic acids is 3. The minimum absolute atomic E-state index is 0.139. The molecule has 2 aromatic rings. The molecule has 2 aromatic carbocycles. The summed E-state index contributed by atoms with van der Waals surface area (Å²) in [6, 6.07) is 9.96. The number of nitrogens with zero attached hydrogens (tertiary/aromatic N) is 2. The molecule has 0 spiro atoms. The molecule has 0 bridgehead atoms. The zero-order chi connectivity index (χ0) is 21.3. The molecule has 0 aromatic heterocycles. The topological polar surface area (TPSA) is 69.7 Å². The maximum atomic E-state index is 13.2. The summed E-state index contributed by atoms with van der Waals surface area (Å²) in [5.74, 6) is -1.96. The van der Waals surface area contributed by atoms with Crippen molar-refractivity contribution in [1.29, 1.82) is 0 Å². The summed E-state index contributed by atoms with van der Waals surface area (Å²) < 4.78 is 13.2. The van der Waals surface area contributed by atoms with E-state index in [-0.39, 0.29) is 11.3 Å². The Balaban J connectivity index is 1.62. The van der Waals surface area contributed by atoms with Crippen LogP contribution >= 0.6 is 0 Å². The number of halogens is 1. The molecule has 4 amide bonds. The maximum Gasteiger partial charge on any atom is 0.335 e. The predicted molar refractivity (Wildman–Crippen MR) is 113 cm³/mol. The number of imide groups is 2. The molecule has 2 aliphatic heterocycles. The standard InChI is InChI=1S/C23H22FN3O3/c1-2-3-11-26-12-10-16-13-15(4-9-20(16)26)14-19-21(28)25-23(30)27(22(19)29)18-7-5-17(24)6-8-18/h4-9,13-14H,2-3,10-12H2,1H3,(H,25,28,30). The van der Waals surface area contributed by atoms with Crippen LogP contribution in [0.2, 0.25) is 0 Å². The molecule has 154 valence electrons. The van der Waals surface area contributed by atoms with Gasteiger partial charge in [-0.05, 0) is 66.4 Å². The zero-order valence-electron chi connectivity index (χ0n) is 16.7. The van der Waals surface area contributed by atoms with Crippen molar-refractivity contribution >= 4 is 35.3 Å². The molecule has 0 aliphatic carbocycles. The highest BCUT2D eigenvalue weighted by atomic mass is 19.1. The van der Waals surface area contributed by atoms with Crippen LogP contribution in [0, 0.1) is 5.82 Å². The normalized spacial score (nSPS) is 17.5. The summed E-state index contributed by atoms with van der Waals surface area (Å²) in [6.45, 7) is 4.14. The van der Waals surface area contributed by atoms with Crippen LogP contribution < -0.4 is 15.1 Å². The average Bonchev–Trinajstić information content (AvgIpc) is 3.13. The Labute approximate surface area is 174 Å². The number of hydrogen-bond donors (Lipinski definition) is 1. The van der Waals surface area contributed by atoms with Crippen molar-refractivity contribution in [3.8, 4) is 0 Å². The lowest BCUT2D eigenvalue weighted by atomic mass is 10.0. The number of barbiturate groups is 1. The van der Waals surface area contributed by atoms with Crippen molar-refractivity contribution in [2.45, 2.75) is 26.2 Å². The van der Waals surface area contributed by atoms with E-state index in [0.29, 0.717) is 0 Å². The summed E-state index contributed by atoms with van der Waals surface area (Å²) in [5.41, 5.74) is 3.14. The van der Waals surface area contributed by atoms with E-state index >= 15 is 0 Å². The van der Waals surface area contributed by atoms with Crippen LogP contribution in [0.15, 0.2) is 48.0 Å². The van der Waals surface area contributed by atoms with Gasteiger partial charge in [0.15, 0.2) is 0 Å². The third kappa shape index (κ3) is 3.70. The van der Waals surface area contributed by atoms with Crippen molar-refractivity contribution in [2.24, 2.45) is 0 Å². The summed E-state index contributed by atoms with van der Waals surface area (Å²) in [6.07, 6.45) is 4.68. The Morgan fingerprint density at radius 3 is 2.60 bits per heavy atom. The molecule has 2 heterocycles. The van der Waals surface area contributed by atoms with Crippen LogP contribution in [0.3, 0.4) is 0 Å². The lowest BCUT2D eigenvalue weighted by Gasteiger charge is -2.26. The van der Waals surface area contributed by atoms with Crippen LogP contribution in [0.25, 0.3) is 6.08 Å². The van der Waals surface area contributed by atoms with Crippen molar-refractivity contribution in [3.05, 3.63) is 65.0 Å². The molecule has 1 saturated heterocycles. The Morgan fingerprint density at radius 1 is 1.10 bits per heavy atom. The molecule has 6 nitrogen and oxygen atoms in total. The van der Waals surface area contributed by atoms with E-state index in [2.05, 4.69) is 17.1 Å². The lowest BCUT2D eigenvalue weighted by molar-refractivity contribution is -0.122. The predicted octanol–water partition coefficient (Wildman–Crippen LogP) is 3.65. The van der Waals surface area contributed by atoms with Crippen LogP contribution in [-0.4, -0.2) is 30.9 Å². The summed E-state index contributed by atoms with van der Waals surface area (Å²) >= 11 is 0. The van der Waals surface area contributed by atoms with Crippen LogP contribution in [-0.2, 0) is 16.0 Å². The van der Waals surface area contributed by atoms with Gasteiger partial charge in [0, 0.05) is 18.8 Å². The van der Waals surface area contributed by atoms with Gasteiger partial charge in [-0.1, -0.05) is 19.4 Å². The molecule has 1 fully saturated rings. The highest BCUT2D eigenvalue weighted by Gasteiger charge is 2.36. The first-order chi connectivity index (χ1) is 14.5. The van der Waals surface area contributed by atoms with E-state index in [9.17, 15) is 18.8 Å². The van der Waals surface area contributed by atoms with Crippen molar-refractivity contribution in [2.75, 3.05) is 22.9 Å². The van der Waals surface area contributed by atoms with Gasteiger partial charge in [-0.15, -0.1) is 0 Å². The number of urea groups is 1. The van der Waals surface area contributed by atoms with Gasteiger partial charge >= 0.3 is 6.03 Å². The van der Waals surface area contributed by atoms with Crippen LogP contribution in [0.5, 0.6) is 0 Å². The Kier molecular flexibility index (Phi) is 5.35. The van der Waals surface area contributed by atoms with Gasteiger partial charge in [-0.2, -0.15) is 0 Å². The van der Waals surface area contributed by atoms with Crippen LogP contribution in [0.4, 0.5) is 20.6 Å². The largest absolute Gasteiger partial charge is 0.371 e. The number of carbonyl (C=O) groups is 3. The number of amides is 4. The van der Waals surface area contributed by atoms with Gasteiger partial charge in [-0.25, -0.2) is 14.1 Å². The van der Waals surface area contributed by atoms with Crippen LogP contribution in [0.1, 0.15) is 30.9 Å². The average molecular weight is 407 g/mol. The van der Waals surface area contributed by atoms with Gasteiger partial charge in [-0.3, -0.25) is 14.9 Å². The molecule has 30 heavy (non-hydrogen) atoms. The fourth-order valence-electron chi connectivity index (χ4n) is 3.81. The number of anilines is 2. The molecule has 7 heteroatoms. The van der Waals surface area contributed by atoms with E-state index in [1.165, 1.54) is 29.5 Å². The first kappa shape index (κ1) is 19.8. The number of fused-ring (bicyclic) bond motifs is 1. The van der Waals surface area contributed by atoms with E-state index in [0.717, 1.165) is 54.9 Å². The van der Waals surface area contributed by atoms with Gasteiger partial charge in [0.1, 0.15) is 11.4 Å². The zero-order valence-corrected chi connectivity index (χ0v) is 16.7. The molecule has 1 N–H and O–H groups in total. The smallest absolute Gasteiger partial charge is 0.335 e. The molecule has 2 aliphatic rings. The second-order valence-electron chi connectivity index (χ2n) is 7.41. The summed E-state index contributed by atoms with van der Waals surface area (Å²) in [4.78, 5) is 40.7. The highest BCUT2D eigenvalue weighted by molar-refractivity contribution is 6.39. The fraction of sp³-hybridized carbons (Fsp3) is 0.261. The Hall–Kier alpha value is -3.48. The Morgan fingerprint density at radius 2 is 1.87 bits per heavy atom. The van der Waals surface area contributed by atoms with E-state index in [4.69, 9.17) is 0 Å². The van der Waals surface area contributed by atoms with Gasteiger partial charge < -0.3 is 4.90 Å². The molecule has 0 unspecified atom stereocenters. The second kappa shape index (κ2) is 8.10. The first-order valence-corrected chi connectivity index (χ1v) is 10.0. The van der Waals surface area contributed by atoms with Gasteiger partial charge in [0.2, 0.25) is 0 Å². The number of hydrogen-bond acceptors (Lipinski definition) is 4. The van der Waals surface area contributed by atoms with Crippen molar-refractivity contribution < 1.29 is 18.8 Å². The minimum atomic E-state index is -0.853. The molecular weight excluding hydrogens is 385 g/mol. The second-order valence-corrected chi connectivity index (χ2v) is 7.41. The minimum Gasteiger partial charge on any atom is -0.371 e. The van der Waals surface area contributed by atoms with Crippen molar-refractivity contribution in [3.63, 3.8) is 0 Å². The van der Waals surface area contributed by atoms with Crippen molar-refractivity contribution in [1.82, 2.24) is 5.32 Å². The third-order valence-corrected chi connectivity index (χ3v) is 5.37. The number of unbranched alkanes of at least 4 members (excludes halogenated alkanes) is 1. The van der Waals surface area contributed by atoms with Gasteiger partial charge in [0.05, 0.1) is 5.69 Å².